The number of carbonyl (C=O) groups excluding carboxylic acids is 2. The highest BCUT2D eigenvalue weighted by atomic mass is 32.2. The number of carbonyl (C=O) groups is 2. The number of rotatable bonds is 3. The fraction of sp³-hybridized carbons (Fsp3) is 0.450. The highest BCUT2D eigenvalue weighted by Crippen LogP contribution is 2.63. The number of nitrogens with zero attached hydrogens (tertiary/aromatic N) is 1. The average Bonchev–Trinajstić information content (AvgIpc) is 3.82. The first-order valence-electron chi connectivity index (χ1n) is 18.5. The van der Waals surface area contributed by atoms with Gasteiger partial charge in [0.2, 0.25) is 6.79 Å². The summed E-state index contributed by atoms with van der Waals surface area (Å²) in [6, 6.07) is 5.62. The van der Waals surface area contributed by atoms with Gasteiger partial charge in [-0.2, -0.15) is 0 Å². The van der Waals surface area contributed by atoms with E-state index >= 15 is 0 Å². The number of aliphatic hydroxyl groups excluding tert-OH is 1. The Morgan fingerprint density at radius 1 is 1.05 bits per heavy atom. The summed E-state index contributed by atoms with van der Waals surface area (Å²) in [4.78, 5) is 33.3. The molecule has 4 aromatic rings. The van der Waals surface area contributed by atoms with Gasteiger partial charge in [0.25, 0.3) is 0 Å². The fourth-order valence-corrected chi connectivity index (χ4v) is 11.9. The third-order valence-electron chi connectivity index (χ3n) is 12.4. The summed E-state index contributed by atoms with van der Waals surface area (Å²) < 4.78 is 36.1. The molecule has 11 rings (SSSR count). The van der Waals surface area contributed by atoms with Crippen LogP contribution in [0.5, 0.6) is 34.5 Å². The molecule has 14 nitrogen and oxygen atoms in total. The van der Waals surface area contributed by atoms with Crippen molar-refractivity contribution in [3.05, 3.63) is 68.9 Å². The zero-order valence-corrected chi connectivity index (χ0v) is 31.8. The highest BCUT2D eigenvalue weighted by Gasteiger charge is 2.60. The molecule has 2 unspecified atom stereocenters. The van der Waals surface area contributed by atoms with Crippen LogP contribution in [0.15, 0.2) is 24.3 Å². The minimum Gasteiger partial charge on any atom is -0.504 e. The average molecular weight is 771 g/mol. The van der Waals surface area contributed by atoms with Crippen molar-refractivity contribution in [2.45, 2.75) is 74.8 Å². The number of phenolic OH excluding ortho intramolecular Hbond substituents is 1. The maximum absolute atomic E-state index is 14.8. The quantitative estimate of drug-likeness (QED) is 0.150. The van der Waals surface area contributed by atoms with E-state index in [0.29, 0.717) is 64.6 Å². The number of aromatic amines is 1. The number of aliphatic hydroxyl groups is 1. The molecule has 55 heavy (non-hydrogen) atoms. The molecule has 0 amide bonds. The lowest BCUT2D eigenvalue weighted by Gasteiger charge is -2.59. The summed E-state index contributed by atoms with van der Waals surface area (Å²) in [5.41, 5.74) is 5.70. The van der Waals surface area contributed by atoms with Crippen LogP contribution in [0.2, 0.25) is 0 Å². The summed E-state index contributed by atoms with van der Waals surface area (Å²) in [6.45, 7) is 5.43. The number of esters is 2. The molecule has 2 saturated heterocycles. The first-order chi connectivity index (χ1) is 26.6. The van der Waals surface area contributed by atoms with E-state index in [9.17, 15) is 19.8 Å². The van der Waals surface area contributed by atoms with E-state index in [0.717, 1.165) is 39.0 Å². The Labute approximate surface area is 320 Å². The van der Waals surface area contributed by atoms with Crippen molar-refractivity contribution in [3.63, 3.8) is 0 Å². The normalized spacial score (nSPS) is 28.9. The van der Waals surface area contributed by atoms with Crippen LogP contribution in [-0.4, -0.2) is 90.3 Å². The van der Waals surface area contributed by atoms with Gasteiger partial charge in [-0.1, -0.05) is 6.07 Å². The molecule has 3 aromatic carbocycles. The standard InChI is InChI=1S/C40H42N4O10S/c1-16-10-19-11-24-38(47)44-25-13-51-39(48)40(37-21(8-9-41-40)22-12-20(49-4)6-7-23(22)43-37)14-55-36(30(44)29(42-24)26(19)31(46)32(16)50-5)28-27(25)35-34(52-15-53-35)17(2)33(28)54-18(3)45/h6-7,10,12,24-25,29-30,36,38,41-43,46-47H,8-9,11,13-15H2,1-5H3/t24?,25-,29?,30+,36+,38-,40+/m0/s1. The number of thioether (sulfide) groups is 1. The molecule has 0 saturated carbocycles. The van der Waals surface area contributed by atoms with Gasteiger partial charge in [-0.15, -0.1) is 11.8 Å². The number of ether oxygens (including phenoxy) is 6. The van der Waals surface area contributed by atoms with Crippen LogP contribution in [0.1, 0.15) is 68.9 Å². The summed E-state index contributed by atoms with van der Waals surface area (Å²) in [6.07, 6.45) is 0.0904. The molecule has 7 atom stereocenters. The van der Waals surface area contributed by atoms with E-state index in [2.05, 4.69) is 15.6 Å². The minimum absolute atomic E-state index is 0.0417. The number of H-pyrrole nitrogens is 1. The van der Waals surface area contributed by atoms with E-state index < -0.39 is 53.1 Å². The van der Waals surface area contributed by atoms with Crippen molar-refractivity contribution in [2.24, 2.45) is 0 Å². The molecule has 8 heterocycles. The molecule has 15 heteroatoms. The lowest BCUT2D eigenvalue weighted by molar-refractivity contribution is -0.164. The maximum atomic E-state index is 14.8. The van der Waals surface area contributed by atoms with Crippen LogP contribution >= 0.6 is 11.8 Å². The number of aromatic nitrogens is 1. The number of piperazine rings is 1. The maximum Gasteiger partial charge on any atom is 0.333 e. The van der Waals surface area contributed by atoms with Crippen molar-refractivity contribution in [3.8, 4) is 34.5 Å². The lowest BCUT2D eigenvalue weighted by Crippen LogP contribution is -2.69. The Morgan fingerprint density at radius 2 is 1.87 bits per heavy atom. The molecule has 288 valence electrons. The number of aromatic hydroxyl groups is 1. The van der Waals surface area contributed by atoms with Gasteiger partial charge in [0.1, 0.15) is 24.3 Å². The molecule has 5 N–H and O–H groups in total. The van der Waals surface area contributed by atoms with Crippen LogP contribution in [0.4, 0.5) is 0 Å². The molecule has 1 aromatic heterocycles. The Morgan fingerprint density at radius 3 is 2.65 bits per heavy atom. The van der Waals surface area contributed by atoms with Gasteiger partial charge in [0.05, 0.1) is 43.3 Å². The van der Waals surface area contributed by atoms with Gasteiger partial charge >= 0.3 is 11.9 Å². The van der Waals surface area contributed by atoms with Crippen LogP contribution in [-0.2, 0) is 32.7 Å². The first kappa shape index (κ1) is 34.8. The molecule has 4 bridgehead atoms. The van der Waals surface area contributed by atoms with Crippen LogP contribution < -0.4 is 34.3 Å². The number of hydrogen-bond acceptors (Lipinski definition) is 14. The summed E-state index contributed by atoms with van der Waals surface area (Å²) in [5.74, 6) is 1.67. The van der Waals surface area contributed by atoms with E-state index in [1.807, 2.05) is 43.0 Å². The van der Waals surface area contributed by atoms with Crippen molar-refractivity contribution >= 4 is 34.6 Å². The van der Waals surface area contributed by atoms with E-state index in [4.69, 9.17) is 28.4 Å². The fourth-order valence-electron chi connectivity index (χ4n) is 10.2. The third kappa shape index (κ3) is 4.76. The molecule has 2 fully saturated rings. The summed E-state index contributed by atoms with van der Waals surface area (Å²) in [5, 5.41) is 32.0. The van der Waals surface area contributed by atoms with Crippen molar-refractivity contribution < 1.29 is 48.2 Å². The molecular weight excluding hydrogens is 729 g/mol. The highest BCUT2D eigenvalue weighted by molar-refractivity contribution is 7.99. The largest absolute Gasteiger partial charge is 0.504 e. The Kier molecular flexibility index (Phi) is 7.86. The molecule has 7 aliphatic heterocycles. The summed E-state index contributed by atoms with van der Waals surface area (Å²) in [7, 11) is 3.17. The van der Waals surface area contributed by atoms with Gasteiger partial charge < -0.3 is 48.9 Å². The van der Waals surface area contributed by atoms with E-state index in [-0.39, 0.29) is 24.9 Å². The molecule has 0 radical (unpaired) electrons. The van der Waals surface area contributed by atoms with Crippen molar-refractivity contribution in [1.29, 1.82) is 0 Å². The Balaban J connectivity index is 1.22. The zero-order valence-electron chi connectivity index (χ0n) is 31.0. The number of aryl methyl sites for hydroxylation is 1. The number of hydrogen-bond donors (Lipinski definition) is 5. The number of benzene rings is 3. The van der Waals surface area contributed by atoms with Gasteiger partial charge in [-0.3, -0.25) is 15.0 Å². The van der Waals surface area contributed by atoms with Crippen LogP contribution in [0.25, 0.3) is 10.9 Å². The van der Waals surface area contributed by atoms with Crippen LogP contribution in [0, 0.1) is 13.8 Å². The lowest BCUT2D eigenvalue weighted by atomic mass is 9.74. The van der Waals surface area contributed by atoms with E-state index in [1.54, 1.807) is 7.11 Å². The van der Waals surface area contributed by atoms with Gasteiger partial charge in [-0.05, 0) is 61.6 Å². The Bertz CT molecular complexity index is 2330. The second kappa shape index (κ2) is 12.4. The molecular formula is C40H42N4O10S. The van der Waals surface area contributed by atoms with E-state index in [1.165, 1.54) is 25.8 Å². The third-order valence-corrected chi connectivity index (χ3v) is 13.9. The number of phenols is 1. The zero-order chi connectivity index (χ0) is 38.1. The second-order valence-corrected chi connectivity index (χ2v) is 16.3. The minimum atomic E-state index is -1.28. The Hall–Kier alpha value is -4.67. The van der Waals surface area contributed by atoms with Crippen molar-refractivity contribution in [1.82, 2.24) is 20.5 Å². The van der Waals surface area contributed by atoms with Gasteiger partial charge in [-0.25, -0.2) is 4.79 Å². The first-order valence-corrected chi connectivity index (χ1v) is 19.6. The van der Waals surface area contributed by atoms with Crippen molar-refractivity contribution in [2.75, 3.05) is 39.9 Å². The molecule has 1 spiro atoms. The SMILES string of the molecule is COc1ccc2[nH]c3c(c2c1)CCN[C@]31CS[C@@H]2c3c(OC(C)=O)c(C)c4c(c3[C@H](COC1=O)N1[C@@H]2C2NC(Cc3cc(C)c(OC)c(O)c32)[C@@H]1O)OCO4. The predicted molar refractivity (Wildman–Crippen MR) is 200 cm³/mol. The number of fused-ring (bicyclic) bond motifs is 11. The topological polar surface area (TPSA) is 173 Å². The molecule has 0 aliphatic carbocycles. The van der Waals surface area contributed by atoms with Crippen LogP contribution in [0.3, 0.4) is 0 Å². The number of nitrogens with one attached hydrogen (secondary N) is 3. The second-order valence-electron chi connectivity index (χ2n) is 15.2. The predicted octanol–water partition coefficient (Wildman–Crippen LogP) is 3.85. The monoisotopic (exact) mass is 770 g/mol. The summed E-state index contributed by atoms with van der Waals surface area (Å²) >= 11 is 1.51. The van der Waals surface area contributed by atoms with Gasteiger partial charge in [0, 0.05) is 58.4 Å². The van der Waals surface area contributed by atoms with Gasteiger partial charge in [0.15, 0.2) is 28.5 Å². The smallest absolute Gasteiger partial charge is 0.333 e. The number of methoxy groups -OCH3 is 2. The molecule has 7 aliphatic rings.